The molecular formula is C25H23N5O8. The molecule has 3 N–H and O–H groups in total. The third kappa shape index (κ3) is 4.74. The second-order valence-electron chi connectivity index (χ2n) is 8.66. The van der Waals surface area contributed by atoms with Gasteiger partial charge in [0.1, 0.15) is 0 Å². The van der Waals surface area contributed by atoms with E-state index in [4.69, 9.17) is 9.47 Å². The van der Waals surface area contributed by atoms with Crippen LogP contribution in [0.3, 0.4) is 0 Å². The van der Waals surface area contributed by atoms with E-state index in [1.807, 2.05) is 0 Å². The Morgan fingerprint density at radius 2 is 1.97 bits per heavy atom. The van der Waals surface area contributed by atoms with Gasteiger partial charge in [0.2, 0.25) is 6.10 Å². The first kappa shape index (κ1) is 24.8. The number of amides is 2. The highest BCUT2D eigenvalue weighted by Gasteiger charge is 2.42. The number of aromatic hydroxyl groups is 1. The van der Waals surface area contributed by atoms with Crippen LogP contribution in [0.25, 0.3) is 22.2 Å². The quantitative estimate of drug-likeness (QED) is 0.319. The summed E-state index contributed by atoms with van der Waals surface area (Å²) in [6.45, 7) is 1.46. The van der Waals surface area contributed by atoms with Gasteiger partial charge in [0.05, 0.1) is 6.61 Å². The van der Waals surface area contributed by atoms with Crippen LogP contribution in [0.1, 0.15) is 6.92 Å². The summed E-state index contributed by atoms with van der Waals surface area (Å²) in [6, 6.07) is 11.4. The summed E-state index contributed by atoms with van der Waals surface area (Å²) in [5.74, 6) is -2.45. The maximum atomic E-state index is 13.4. The van der Waals surface area contributed by atoms with Crippen molar-refractivity contribution >= 4 is 39.9 Å². The average molecular weight is 521 g/mol. The summed E-state index contributed by atoms with van der Waals surface area (Å²) in [5.41, 5.74) is 1.43. The lowest BCUT2D eigenvalue weighted by Crippen LogP contribution is -2.56. The lowest BCUT2D eigenvalue weighted by atomic mass is 10.1. The standard InChI is InChI=1S/C25H23N5O8/c1-13(31)37-19(22(32)26-16-5-3-14(4-6-16)21-27-25(35)38-28-21)20-24(34)30(9-10-36-20)17-7-8-18-15(11-17)12-29(2)23(18)33/h3-8,11-12,19-20,33H,9-10H2,1-2H3,(H,26,32)(H,27,28,35)/t19-,20-/m1/s1. The van der Waals surface area contributed by atoms with E-state index in [2.05, 4.69) is 20.0 Å². The smallest absolute Gasteiger partial charge is 0.439 e. The van der Waals surface area contributed by atoms with E-state index in [1.54, 1.807) is 60.3 Å². The summed E-state index contributed by atoms with van der Waals surface area (Å²) < 4.78 is 16.9. The third-order valence-electron chi connectivity index (χ3n) is 6.07. The van der Waals surface area contributed by atoms with Gasteiger partial charge < -0.3 is 29.4 Å². The summed E-state index contributed by atoms with van der Waals surface area (Å²) in [7, 11) is 1.70. The Morgan fingerprint density at radius 1 is 1.21 bits per heavy atom. The number of aryl methyl sites for hydroxylation is 1. The number of anilines is 2. The molecule has 0 bridgehead atoms. The zero-order valence-corrected chi connectivity index (χ0v) is 20.3. The number of benzene rings is 2. The van der Waals surface area contributed by atoms with E-state index in [-0.39, 0.29) is 24.9 Å². The normalized spacial score (nSPS) is 16.4. The number of aromatic amines is 1. The van der Waals surface area contributed by atoms with Crippen molar-refractivity contribution in [2.75, 3.05) is 23.4 Å². The fourth-order valence-corrected chi connectivity index (χ4v) is 4.28. The van der Waals surface area contributed by atoms with Crippen molar-refractivity contribution in [2.24, 2.45) is 7.05 Å². The van der Waals surface area contributed by atoms with Crippen molar-refractivity contribution in [3.05, 3.63) is 59.2 Å². The first-order valence-corrected chi connectivity index (χ1v) is 11.6. The average Bonchev–Trinajstić information content (AvgIpc) is 3.45. The lowest BCUT2D eigenvalue weighted by molar-refractivity contribution is -0.167. The first-order valence-electron chi connectivity index (χ1n) is 11.6. The Labute approximate surface area is 214 Å². The molecule has 2 aromatic carbocycles. The van der Waals surface area contributed by atoms with E-state index in [0.717, 1.165) is 12.3 Å². The monoisotopic (exact) mass is 521 g/mol. The molecule has 196 valence electrons. The number of rotatable bonds is 6. The number of H-pyrrole nitrogens is 1. The number of ether oxygens (including phenoxy) is 2. The Balaban J connectivity index is 1.36. The number of morpholine rings is 1. The second-order valence-corrected chi connectivity index (χ2v) is 8.66. The van der Waals surface area contributed by atoms with Gasteiger partial charge >= 0.3 is 11.7 Å². The van der Waals surface area contributed by atoms with Crippen LogP contribution in [-0.4, -0.2) is 63.0 Å². The van der Waals surface area contributed by atoms with E-state index in [9.17, 15) is 24.3 Å². The minimum absolute atomic E-state index is 0.101. The maximum absolute atomic E-state index is 13.4. The predicted octanol–water partition coefficient (Wildman–Crippen LogP) is 1.53. The van der Waals surface area contributed by atoms with Gasteiger partial charge in [-0.15, -0.1) is 0 Å². The van der Waals surface area contributed by atoms with Crippen LogP contribution < -0.4 is 16.0 Å². The maximum Gasteiger partial charge on any atom is 0.439 e. The summed E-state index contributed by atoms with van der Waals surface area (Å²) in [6.07, 6.45) is -1.21. The number of hydrogen-bond acceptors (Lipinski definition) is 9. The van der Waals surface area contributed by atoms with Gasteiger partial charge in [0.15, 0.2) is 17.8 Å². The van der Waals surface area contributed by atoms with E-state index < -0.39 is 35.7 Å². The van der Waals surface area contributed by atoms with Crippen molar-refractivity contribution in [2.45, 2.75) is 19.1 Å². The number of nitrogens with zero attached hydrogens (tertiary/aromatic N) is 3. The number of nitrogens with one attached hydrogen (secondary N) is 2. The molecule has 1 aliphatic heterocycles. The summed E-state index contributed by atoms with van der Waals surface area (Å²) in [4.78, 5) is 53.5. The highest BCUT2D eigenvalue weighted by Crippen LogP contribution is 2.31. The van der Waals surface area contributed by atoms with Gasteiger partial charge in [0.25, 0.3) is 11.8 Å². The Hall–Kier alpha value is -4.91. The number of esters is 1. The fourth-order valence-electron chi connectivity index (χ4n) is 4.28. The lowest BCUT2D eigenvalue weighted by Gasteiger charge is -2.35. The van der Waals surface area contributed by atoms with Crippen molar-refractivity contribution in [1.29, 1.82) is 0 Å². The van der Waals surface area contributed by atoms with Crippen molar-refractivity contribution < 1.29 is 33.5 Å². The van der Waals surface area contributed by atoms with Crippen LogP contribution in [0.5, 0.6) is 5.88 Å². The highest BCUT2D eigenvalue weighted by molar-refractivity contribution is 6.05. The molecule has 0 aliphatic carbocycles. The topological polar surface area (TPSA) is 169 Å². The molecule has 4 aromatic rings. The van der Waals surface area contributed by atoms with E-state index in [0.29, 0.717) is 22.3 Å². The molecule has 0 spiro atoms. The largest absolute Gasteiger partial charge is 0.494 e. The fraction of sp³-hybridized carbons (Fsp3) is 0.240. The molecule has 13 nitrogen and oxygen atoms in total. The van der Waals surface area contributed by atoms with Crippen LogP contribution >= 0.6 is 0 Å². The number of carbonyl (C=O) groups is 3. The molecule has 0 unspecified atom stereocenters. The number of fused-ring (bicyclic) bond motifs is 1. The molecule has 2 atom stereocenters. The molecule has 2 amide bonds. The highest BCUT2D eigenvalue weighted by atomic mass is 16.6. The summed E-state index contributed by atoms with van der Waals surface area (Å²) >= 11 is 0. The molecule has 1 fully saturated rings. The molecule has 38 heavy (non-hydrogen) atoms. The molecule has 1 aliphatic rings. The van der Waals surface area contributed by atoms with Crippen molar-refractivity contribution in [3.63, 3.8) is 0 Å². The van der Waals surface area contributed by atoms with Gasteiger partial charge in [0, 0.05) is 54.4 Å². The minimum Gasteiger partial charge on any atom is -0.494 e. The zero-order chi connectivity index (χ0) is 27.0. The van der Waals surface area contributed by atoms with Crippen LogP contribution in [-0.2, 0) is 30.9 Å². The molecule has 2 aromatic heterocycles. The summed E-state index contributed by atoms with van der Waals surface area (Å²) in [5, 5.41) is 17.7. The van der Waals surface area contributed by atoms with Crippen LogP contribution in [0.15, 0.2) is 58.0 Å². The molecule has 13 heteroatoms. The molecule has 0 saturated carbocycles. The molecule has 1 saturated heterocycles. The van der Waals surface area contributed by atoms with Crippen LogP contribution in [0, 0.1) is 0 Å². The SMILES string of the molecule is CC(=O)O[C@@H](C(=O)Nc1ccc(-c2noc(=O)[nH]2)cc1)[C@H]1OCCN(c2ccc3c(O)n(C)cc3c2)C1=O. The van der Waals surface area contributed by atoms with Gasteiger partial charge in [-0.2, -0.15) is 0 Å². The van der Waals surface area contributed by atoms with E-state index >= 15 is 0 Å². The third-order valence-corrected chi connectivity index (χ3v) is 6.07. The molecule has 5 rings (SSSR count). The van der Waals surface area contributed by atoms with Crippen molar-refractivity contribution in [3.8, 4) is 17.3 Å². The van der Waals surface area contributed by atoms with Crippen molar-refractivity contribution in [1.82, 2.24) is 14.7 Å². The van der Waals surface area contributed by atoms with Gasteiger partial charge in [-0.05, 0) is 42.5 Å². The minimum atomic E-state index is -1.56. The Kier molecular flexibility index (Phi) is 6.43. The van der Waals surface area contributed by atoms with Gasteiger partial charge in [-0.1, -0.05) is 5.16 Å². The van der Waals surface area contributed by atoms with Gasteiger partial charge in [-0.3, -0.25) is 23.9 Å². The molecule has 0 radical (unpaired) electrons. The Bertz CT molecular complexity index is 1590. The first-order chi connectivity index (χ1) is 18.2. The Morgan fingerprint density at radius 3 is 2.66 bits per heavy atom. The van der Waals surface area contributed by atoms with Crippen LogP contribution in [0.2, 0.25) is 0 Å². The zero-order valence-electron chi connectivity index (χ0n) is 20.3. The number of hydrogen-bond donors (Lipinski definition) is 3. The second kappa shape index (κ2) is 9.86. The molecule has 3 heterocycles. The van der Waals surface area contributed by atoms with Gasteiger partial charge in [-0.25, -0.2) is 4.79 Å². The number of carbonyl (C=O) groups excluding carboxylic acids is 3. The van der Waals surface area contributed by atoms with Crippen LogP contribution in [0.4, 0.5) is 11.4 Å². The predicted molar refractivity (Wildman–Crippen MR) is 133 cm³/mol. The molecular weight excluding hydrogens is 498 g/mol. The number of aromatic nitrogens is 3. The van der Waals surface area contributed by atoms with E-state index in [1.165, 1.54) is 4.90 Å².